The average Bonchev–Trinajstić information content (AvgIpc) is 2.80. The van der Waals surface area contributed by atoms with Crippen molar-refractivity contribution in [1.29, 1.82) is 0 Å². The summed E-state index contributed by atoms with van der Waals surface area (Å²) >= 11 is 0. The molecule has 9 heteroatoms. The van der Waals surface area contributed by atoms with Crippen LogP contribution in [-0.2, 0) is 14.2 Å². The van der Waals surface area contributed by atoms with Crippen LogP contribution in [0.1, 0.15) is 71.6 Å². The molecular weight excluding hydrogens is 373 g/mol. The standard InChI is InChI=1S/C20H38BN3O5/c1-14(2)22-10-11-23-16-8-6-15(7-9-16)12-19(25)24-18-5-3-4-17(13-20(26)27)29-21(18)28/h14-18,22-23,28H,3-13H2,1-2H3,(H,24,25)(H,26,27)/t15-,16-,17?,18-/m0/s1. The minimum atomic E-state index is -1.15. The van der Waals surface area contributed by atoms with Gasteiger partial charge < -0.3 is 30.7 Å². The lowest BCUT2D eigenvalue weighted by Gasteiger charge is -2.29. The normalized spacial score (nSPS) is 28.2. The van der Waals surface area contributed by atoms with Crippen molar-refractivity contribution in [2.75, 3.05) is 13.1 Å². The van der Waals surface area contributed by atoms with Crippen LogP contribution in [0, 0.1) is 5.92 Å². The first-order valence-electron chi connectivity index (χ1n) is 11.1. The van der Waals surface area contributed by atoms with Crippen molar-refractivity contribution in [3.8, 4) is 0 Å². The van der Waals surface area contributed by atoms with Crippen LogP contribution in [0.2, 0.25) is 0 Å². The van der Waals surface area contributed by atoms with Crippen molar-refractivity contribution in [2.24, 2.45) is 5.92 Å². The molecular formula is C20H38BN3O5. The van der Waals surface area contributed by atoms with E-state index in [1.54, 1.807) is 0 Å². The maximum absolute atomic E-state index is 12.5. The molecule has 1 unspecified atom stereocenters. The number of hydrogen-bond donors (Lipinski definition) is 5. The maximum Gasteiger partial charge on any atom is 0.478 e. The second kappa shape index (κ2) is 12.5. The fraction of sp³-hybridized carbons (Fsp3) is 0.900. The zero-order valence-electron chi connectivity index (χ0n) is 17.9. The molecule has 0 bridgehead atoms. The molecule has 8 nitrogen and oxygen atoms in total. The van der Waals surface area contributed by atoms with E-state index in [0.717, 1.165) is 45.2 Å². The number of rotatable bonds is 10. The van der Waals surface area contributed by atoms with E-state index in [4.69, 9.17) is 9.76 Å². The van der Waals surface area contributed by atoms with Gasteiger partial charge in [0.15, 0.2) is 0 Å². The number of carboxylic acids is 1. The number of amides is 1. The summed E-state index contributed by atoms with van der Waals surface area (Å²) in [6.45, 7) is 6.23. The first kappa shape index (κ1) is 24.1. The van der Waals surface area contributed by atoms with Gasteiger partial charge in [-0.3, -0.25) is 9.59 Å². The lowest BCUT2D eigenvalue weighted by Crippen LogP contribution is -2.48. The van der Waals surface area contributed by atoms with Crippen molar-refractivity contribution >= 4 is 19.0 Å². The lowest BCUT2D eigenvalue weighted by atomic mass is 9.76. The monoisotopic (exact) mass is 411 g/mol. The minimum Gasteiger partial charge on any atom is -0.481 e. The van der Waals surface area contributed by atoms with Gasteiger partial charge in [-0.25, -0.2) is 0 Å². The number of hydrogen-bond acceptors (Lipinski definition) is 6. The Morgan fingerprint density at radius 2 is 1.79 bits per heavy atom. The van der Waals surface area contributed by atoms with Gasteiger partial charge >= 0.3 is 13.1 Å². The van der Waals surface area contributed by atoms with E-state index in [9.17, 15) is 14.6 Å². The summed E-state index contributed by atoms with van der Waals surface area (Å²) in [5.41, 5.74) is 0. The summed E-state index contributed by atoms with van der Waals surface area (Å²) in [5.74, 6) is -1.07. The molecule has 1 saturated carbocycles. The second-order valence-corrected chi connectivity index (χ2v) is 8.84. The maximum atomic E-state index is 12.5. The van der Waals surface area contributed by atoms with Crippen LogP contribution in [-0.4, -0.2) is 66.3 Å². The summed E-state index contributed by atoms with van der Waals surface area (Å²) in [7, 11) is -1.15. The van der Waals surface area contributed by atoms with Crippen molar-refractivity contribution in [1.82, 2.24) is 16.0 Å². The quantitative estimate of drug-likeness (QED) is 0.269. The highest BCUT2D eigenvalue weighted by molar-refractivity contribution is 6.45. The number of nitrogens with one attached hydrogen (secondary N) is 3. The smallest absolute Gasteiger partial charge is 0.478 e. The SMILES string of the molecule is CC(C)NCCN[C@H]1CC[C@H](CC(=O)N[C@H]2CCCC(CC(=O)O)OB2O)CC1. The Hall–Kier alpha value is -1.16. The topological polar surface area (TPSA) is 120 Å². The van der Waals surface area contributed by atoms with Crippen LogP contribution in [0.3, 0.4) is 0 Å². The Labute approximate surface area is 174 Å². The Morgan fingerprint density at radius 3 is 2.45 bits per heavy atom. The van der Waals surface area contributed by atoms with Gasteiger partial charge in [-0.15, -0.1) is 0 Å². The molecule has 1 aliphatic carbocycles. The summed E-state index contributed by atoms with van der Waals surface area (Å²) in [4.78, 5) is 23.3. The van der Waals surface area contributed by atoms with Crippen LogP contribution in [0.15, 0.2) is 0 Å². The van der Waals surface area contributed by atoms with E-state index in [-0.39, 0.29) is 12.3 Å². The largest absolute Gasteiger partial charge is 0.481 e. The fourth-order valence-electron chi connectivity index (χ4n) is 4.29. The van der Waals surface area contributed by atoms with Gasteiger partial charge in [-0.1, -0.05) is 13.8 Å². The summed E-state index contributed by atoms with van der Waals surface area (Å²) < 4.78 is 5.45. The molecule has 5 N–H and O–H groups in total. The van der Waals surface area contributed by atoms with E-state index < -0.39 is 25.1 Å². The van der Waals surface area contributed by atoms with E-state index in [1.165, 1.54) is 0 Å². The molecule has 1 aliphatic heterocycles. The summed E-state index contributed by atoms with van der Waals surface area (Å²) in [6.07, 6.45) is 6.01. The van der Waals surface area contributed by atoms with Crippen LogP contribution in [0.4, 0.5) is 0 Å². The summed E-state index contributed by atoms with van der Waals surface area (Å²) in [5, 5.41) is 29.0. The number of aliphatic carboxylic acids is 1. The molecule has 1 amide bonds. The molecule has 0 radical (unpaired) electrons. The molecule has 2 aliphatic rings. The molecule has 0 aromatic carbocycles. The molecule has 0 aromatic rings. The number of carbonyl (C=O) groups is 2. The van der Waals surface area contributed by atoms with Gasteiger partial charge in [0.1, 0.15) is 0 Å². The second-order valence-electron chi connectivity index (χ2n) is 8.84. The molecule has 0 spiro atoms. The van der Waals surface area contributed by atoms with E-state index in [1.807, 2.05) is 0 Å². The first-order chi connectivity index (χ1) is 13.8. The van der Waals surface area contributed by atoms with Crippen molar-refractivity contribution in [2.45, 2.75) is 95.8 Å². The number of carboxylic acid groups (broad SMARTS) is 1. The van der Waals surface area contributed by atoms with Crippen molar-refractivity contribution in [3.05, 3.63) is 0 Å². The molecule has 2 atom stereocenters. The van der Waals surface area contributed by atoms with E-state index >= 15 is 0 Å². The van der Waals surface area contributed by atoms with Gasteiger partial charge in [0.25, 0.3) is 0 Å². The van der Waals surface area contributed by atoms with E-state index in [0.29, 0.717) is 37.3 Å². The van der Waals surface area contributed by atoms with Gasteiger partial charge in [-0.05, 0) is 50.9 Å². The predicted octanol–water partition coefficient (Wildman–Crippen LogP) is 1.07. The highest BCUT2D eigenvalue weighted by Gasteiger charge is 2.35. The Kier molecular flexibility index (Phi) is 10.4. The van der Waals surface area contributed by atoms with Crippen LogP contribution >= 0.6 is 0 Å². The molecule has 1 saturated heterocycles. The molecule has 166 valence electrons. The Balaban J connectivity index is 1.65. The first-order valence-corrected chi connectivity index (χ1v) is 11.1. The summed E-state index contributed by atoms with van der Waals surface area (Å²) in [6, 6.07) is 1.04. The highest BCUT2D eigenvalue weighted by Crippen LogP contribution is 2.27. The minimum absolute atomic E-state index is 0.0492. The molecule has 29 heavy (non-hydrogen) atoms. The Bertz CT molecular complexity index is 514. The third kappa shape index (κ3) is 9.46. The van der Waals surface area contributed by atoms with Gasteiger partial charge in [-0.2, -0.15) is 0 Å². The van der Waals surface area contributed by atoms with Crippen LogP contribution in [0.5, 0.6) is 0 Å². The molecule has 2 rings (SSSR count). The van der Waals surface area contributed by atoms with Gasteiger partial charge in [0.2, 0.25) is 5.91 Å². The lowest BCUT2D eigenvalue weighted by molar-refractivity contribution is -0.139. The van der Waals surface area contributed by atoms with Crippen LogP contribution in [0.25, 0.3) is 0 Å². The Morgan fingerprint density at radius 1 is 1.07 bits per heavy atom. The highest BCUT2D eigenvalue weighted by atomic mass is 16.5. The van der Waals surface area contributed by atoms with Crippen LogP contribution < -0.4 is 16.0 Å². The zero-order chi connectivity index (χ0) is 21.2. The van der Waals surface area contributed by atoms with Crippen molar-refractivity contribution in [3.63, 3.8) is 0 Å². The van der Waals surface area contributed by atoms with E-state index in [2.05, 4.69) is 29.8 Å². The third-order valence-electron chi connectivity index (χ3n) is 5.90. The average molecular weight is 411 g/mol. The van der Waals surface area contributed by atoms with Gasteiger partial charge in [0.05, 0.1) is 18.5 Å². The molecule has 1 heterocycles. The molecule has 2 fully saturated rings. The van der Waals surface area contributed by atoms with Crippen molar-refractivity contribution < 1.29 is 24.4 Å². The zero-order valence-corrected chi connectivity index (χ0v) is 17.9. The third-order valence-corrected chi connectivity index (χ3v) is 5.90. The molecule has 0 aromatic heterocycles. The predicted molar refractivity (Wildman–Crippen MR) is 112 cm³/mol. The number of carbonyl (C=O) groups excluding carboxylic acids is 1. The fourth-order valence-corrected chi connectivity index (χ4v) is 4.29. The van der Waals surface area contributed by atoms with Gasteiger partial charge in [0, 0.05) is 31.6 Å².